The maximum absolute atomic E-state index is 12.9. The summed E-state index contributed by atoms with van der Waals surface area (Å²) in [7, 11) is 0. The van der Waals surface area contributed by atoms with Crippen LogP contribution < -0.4 is 5.32 Å². The van der Waals surface area contributed by atoms with Crippen molar-refractivity contribution < 1.29 is 29.3 Å². The van der Waals surface area contributed by atoms with Crippen molar-refractivity contribution in [1.82, 2.24) is 9.80 Å². The van der Waals surface area contributed by atoms with Gasteiger partial charge in [-0.25, -0.2) is 9.59 Å². The molecule has 3 amide bonds. The zero-order valence-corrected chi connectivity index (χ0v) is 22.1. The second-order valence-electron chi connectivity index (χ2n) is 10.1. The summed E-state index contributed by atoms with van der Waals surface area (Å²) < 4.78 is 5.54. The molecule has 10 heteroatoms. The number of likely N-dealkylation sites (tertiary alicyclic amines) is 1. The average molecular weight is 532 g/mol. The number of rotatable bonds is 8. The van der Waals surface area contributed by atoms with Crippen LogP contribution in [0.3, 0.4) is 0 Å². The number of ether oxygens (including phenoxy) is 1. The van der Waals surface area contributed by atoms with Crippen molar-refractivity contribution in [2.45, 2.75) is 57.8 Å². The van der Waals surface area contributed by atoms with Crippen LogP contribution in [0, 0.1) is 0 Å². The van der Waals surface area contributed by atoms with Crippen molar-refractivity contribution in [2.75, 3.05) is 25.0 Å². The molecule has 2 aromatic rings. The van der Waals surface area contributed by atoms with Gasteiger partial charge in [-0.1, -0.05) is 35.9 Å². The van der Waals surface area contributed by atoms with E-state index in [2.05, 4.69) is 5.32 Å². The molecule has 0 bridgehead atoms. The monoisotopic (exact) mass is 531 g/mol. The Morgan fingerprint density at radius 1 is 1.19 bits per heavy atom. The summed E-state index contributed by atoms with van der Waals surface area (Å²) in [6, 6.07) is 13.3. The van der Waals surface area contributed by atoms with Gasteiger partial charge >= 0.3 is 12.2 Å². The molecule has 1 saturated heterocycles. The number of carbonyl (C=O) groups is 3. The predicted octanol–water partition coefficient (Wildman–Crippen LogP) is 4.93. The number of amides is 3. The molecule has 1 fully saturated rings. The summed E-state index contributed by atoms with van der Waals surface area (Å²) >= 11 is 6.05. The predicted molar refractivity (Wildman–Crippen MR) is 141 cm³/mol. The normalized spacial score (nSPS) is 16.2. The van der Waals surface area contributed by atoms with E-state index in [0.29, 0.717) is 48.6 Å². The van der Waals surface area contributed by atoms with E-state index in [0.717, 1.165) is 10.5 Å². The van der Waals surface area contributed by atoms with Gasteiger partial charge in [0.05, 0.1) is 12.6 Å². The zero-order chi connectivity index (χ0) is 27.2. The van der Waals surface area contributed by atoms with E-state index in [1.165, 1.54) is 4.90 Å². The number of hydrogen-bond acceptors (Lipinski definition) is 5. The molecule has 9 nitrogen and oxygen atoms in total. The lowest BCUT2D eigenvalue weighted by molar-refractivity contribution is -0.119. The second-order valence-corrected chi connectivity index (χ2v) is 10.5. The number of aliphatic hydroxyl groups excluding tert-OH is 1. The first-order valence-corrected chi connectivity index (χ1v) is 12.6. The van der Waals surface area contributed by atoms with E-state index < -0.39 is 29.9 Å². The quantitative estimate of drug-likeness (QED) is 0.444. The van der Waals surface area contributed by atoms with E-state index in [1.807, 2.05) is 12.1 Å². The highest BCUT2D eigenvalue weighted by Crippen LogP contribution is 2.22. The number of anilines is 1. The summed E-state index contributed by atoms with van der Waals surface area (Å²) in [6.45, 7) is 6.03. The fourth-order valence-electron chi connectivity index (χ4n) is 4.12. The van der Waals surface area contributed by atoms with E-state index in [1.54, 1.807) is 57.2 Å². The van der Waals surface area contributed by atoms with E-state index >= 15 is 0 Å². The van der Waals surface area contributed by atoms with Crippen molar-refractivity contribution in [3.05, 3.63) is 64.7 Å². The van der Waals surface area contributed by atoms with Crippen LogP contribution >= 0.6 is 11.6 Å². The van der Waals surface area contributed by atoms with Gasteiger partial charge in [0.1, 0.15) is 11.6 Å². The lowest BCUT2D eigenvalue weighted by Crippen LogP contribution is -2.42. The molecule has 0 aliphatic carbocycles. The highest BCUT2D eigenvalue weighted by molar-refractivity contribution is 6.30. The summed E-state index contributed by atoms with van der Waals surface area (Å²) in [5.41, 5.74) is 1.39. The van der Waals surface area contributed by atoms with Crippen LogP contribution in [0.2, 0.25) is 5.02 Å². The molecular weight excluding hydrogens is 498 g/mol. The molecule has 3 N–H and O–H groups in total. The van der Waals surface area contributed by atoms with Gasteiger partial charge in [-0.3, -0.25) is 9.69 Å². The number of carbonyl (C=O) groups excluding carboxylic acids is 2. The molecule has 1 aliphatic rings. The first-order valence-electron chi connectivity index (χ1n) is 12.2. The minimum atomic E-state index is -1.09. The number of halogens is 1. The van der Waals surface area contributed by atoms with Crippen LogP contribution in [0.25, 0.3) is 0 Å². The standard InChI is InChI=1S/C27H34ClN3O6/c1-27(2,3)37-26(36)30(17-23(32)19-6-4-7-20(28)16-19)15-13-18-9-11-21(12-10-18)29-24(33)22-8-5-14-31(22)25(34)35/h4,6-7,9-12,16,22-23,32H,5,8,13-15,17H2,1-3H3,(H,29,33)(H,34,35)/t22-,23-/m0/s1. The van der Waals surface area contributed by atoms with Gasteiger partial charge in [0, 0.05) is 23.8 Å². The number of aliphatic hydroxyl groups is 1. The third kappa shape index (κ3) is 8.36. The van der Waals surface area contributed by atoms with Gasteiger partial charge in [0.15, 0.2) is 0 Å². The largest absolute Gasteiger partial charge is 0.465 e. The summed E-state index contributed by atoms with van der Waals surface area (Å²) in [4.78, 5) is 39.4. The Morgan fingerprint density at radius 2 is 1.89 bits per heavy atom. The van der Waals surface area contributed by atoms with Crippen molar-refractivity contribution in [2.24, 2.45) is 0 Å². The highest BCUT2D eigenvalue weighted by Gasteiger charge is 2.34. The Labute approximate surface area is 222 Å². The van der Waals surface area contributed by atoms with Crippen molar-refractivity contribution in [3.8, 4) is 0 Å². The average Bonchev–Trinajstić information content (AvgIpc) is 3.32. The number of hydrogen-bond donors (Lipinski definition) is 3. The van der Waals surface area contributed by atoms with E-state index in [-0.39, 0.29) is 12.5 Å². The Kier molecular flexibility index (Phi) is 9.39. The Hall–Kier alpha value is -3.30. The first kappa shape index (κ1) is 28.3. The molecular formula is C27H34ClN3O6. The van der Waals surface area contributed by atoms with E-state index in [4.69, 9.17) is 16.3 Å². The summed E-state index contributed by atoms with van der Waals surface area (Å²) in [5.74, 6) is -0.348. The summed E-state index contributed by atoms with van der Waals surface area (Å²) in [5, 5.41) is 23.3. The van der Waals surface area contributed by atoms with Crippen LogP contribution in [-0.2, 0) is 16.0 Å². The molecule has 0 saturated carbocycles. The SMILES string of the molecule is CC(C)(C)OC(=O)N(CCc1ccc(NC(=O)[C@@H]2CCCN2C(=O)O)cc1)C[C@H](O)c1cccc(Cl)c1. The third-order valence-electron chi connectivity index (χ3n) is 5.97. The van der Waals surface area contributed by atoms with Crippen LogP contribution in [-0.4, -0.2) is 69.4 Å². The minimum absolute atomic E-state index is 0.0326. The fraction of sp³-hybridized carbons (Fsp3) is 0.444. The number of benzene rings is 2. The van der Waals surface area contributed by atoms with Crippen molar-refractivity contribution in [1.29, 1.82) is 0 Å². The Bertz CT molecular complexity index is 1100. The molecule has 1 aliphatic heterocycles. The molecule has 0 spiro atoms. The van der Waals surface area contributed by atoms with Crippen LogP contribution in [0.5, 0.6) is 0 Å². The summed E-state index contributed by atoms with van der Waals surface area (Å²) in [6.07, 6.45) is -0.920. The molecule has 37 heavy (non-hydrogen) atoms. The van der Waals surface area contributed by atoms with Gasteiger partial charge in [0.2, 0.25) is 5.91 Å². The molecule has 200 valence electrons. The number of carboxylic acid groups (broad SMARTS) is 1. The van der Waals surface area contributed by atoms with Gasteiger partial charge in [-0.05, 0) is 75.4 Å². The van der Waals surface area contributed by atoms with Gasteiger partial charge in [-0.15, -0.1) is 0 Å². The maximum atomic E-state index is 12.9. The van der Waals surface area contributed by atoms with E-state index in [9.17, 15) is 24.6 Å². The van der Waals surface area contributed by atoms with Crippen molar-refractivity contribution >= 4 is 35.4 Å². The van der Waals surface area contributed by atoms with Crippen molar-refractivity contribution in [3.63, 3.8) is 0 Å². The lowest BCUT2D eigenvalue weighted by Gasteiger charge is -2.29. The molecule has 1 heterocycles. The fourth-order valence-corrected chi connectivity index (χ4v) is 4.32. The number of nitrogens with zero attached hydrogens (tertiary/aromatic N) is 2. The molecule has 0 aromatic heterocycles. The topological polar surface area (TPSA) is 119 Å². The molecule has 0 unspecified atom stereocenters. The van der Waals surface area contributed by atoms with Crippen LogP contribution in [0.15, 0.2) is 48.5 Å². The minimum Gasteiger partial charge on any atom is -0.465 e. The number of nitrogens with one attached hydrogen (secondary N) is 1. The zero-order valence-electron chi connectivity index (χ0n) is 21.3. The smallest absolute Gasteiger partial charge is 0.410 e. The second kappa shape index (κ2) is 12.3. The maximum Gasteiger partial charge on any atom is 0.410 e. The first-order chi connectivity index (χ1) is 17.4. The molecule has 2 aromatic carbocycles. The van der Waals surface area contributed by atoms with Crippen LogP contribution in [0.4, 0.5) is 15.3 Å². The Morgan fingerprint density at radius 3 is 2.51 bits per heavy atom. The Balaban J connectivity index is 1.63. The highest BCUT2D eigenvalue weighted by atomic mass is 35.5. The van der Waals surface area contributed by atoms with Gasteiger partial charge in [-0.2, -0.15) is 0 Å². The lowest BCUT2D eigenvalue weighted by atomic mass is 10.1. The van der Waals surface area contributed by atoms with Gasteiger partial charge < -0.3 is 25.2 Å². The van der Waals surface area contributed by atoms with Gasteiger partial charge in [0.25, 0.3) is 0 Å². The molecule has 3 rings (SSSR count). The molecule has 0 radical (unpaired) electrons. The third-order valence-corrected chi connectivity index (χ3v) is 6.21. The molecule has 2 atom stereocenters. The van der Waals surface area contributed by atoms with Crippen LogP contribution in [0.1, 0.15) is 50.8 Å².